The number of hydrogen-bond acceptors (Lipinski definition) is 5. The molecule has 25 heavy (non-hydrogen) atoms. The zero-order valence-electron chi connectivity index (χ0n) is 12.3. The second-order valence-electron chi connectivity index (χ2n) is 4.97. The molecule has 9 heteroatoms. The van der Waals surface area contributed by atoms with E-state index in [1.54, 1.807) is 6.07 Å². The Bertz CT molecular complexity index is 947. The van der Waals surface area contributed by atoms with E-state index in [0.29, 0.717) is 5.56 Å². The molecule has 0 saturated carbocycles. The van der Waals surface area contributed by atoms with E-state index in [2.05, 4.69) is 0 Å². The van der Waals surface area contributed by atoms with Gasteiger partial charge in [-0.25, -0.2) is 8.78 Å². The van der Waals surface area contributed by atoms with Gasteiger partial charge in [-0.05, 0) is 23.8 Å². The van der Waals surface area contributed by atoms with Crippen LogP contribution < -0.4 is 4.90 Å². The van der Waals surface area contributed by atoms with Crippen LogP contribution in [0.5, 0.6) is 0 Å². The lowest BCUT2D eigenvalue weighted by molar-refractivity contribution is -0.384. The number of thiocarbonyl (C=S) groups is 1. The molecule has 1 heterocycles. The molecule has 5 nitrogen and oxygen atoms in total. The molecular formula is C16H8F2N2O3S2. The lowest BCUT2D eigenvalue weighted by Gasteiger charge is -2.14. The van der Waals surface area contributed by atoms with Gasteiger partial charge in [-0.3, -0.25) is 19.8 Å². The second kappa shape index (κ2) is 6.69. The lowest BCUT2D eigenvalue weighted by atomic mass is 10.2. The van der Waals surface area contributed by atoms with E-state index in [1.165, 1.54) is 30.3 Å². The second-order valence-corrected chi connectivity index (χ2v) is 6.64. The van der Waals surface area contributed by atoms with Crippen molar-refractivity contribution in [2.45, 2.75) is 0 Å². The number of thioether (sulfide) groups is 1. The zero-order valence-corrected chi connectivity index (χ0v) is 13.9. The maximum absolute atomic E-state index is 13.4. The van der Waals surface area contributed by atoms with Crippen LogP contribution in [0.3, 0.4) is 0 Å². The van der Waals surface area contributed by atoms with Crippen LogP contribution in [0.4, 0.5) is 20.2 Å². The summed E-state index contributed by atoms with van der Waals surface area (Å²) in [6.07, 6.45) is 1.46. The van der Waals surface area contributed by atoms with Gasteiger partial charge in [0.15, 0.2) is 16.0 Å². The number of carbonyl (C=O) groups excluding carboxylic acids is 1. The van der Waals surface area contributed by atoms with Gasteiger partial charge in [-0.2, -0.15) is 0 Å². The molecule has 0 aliphatic carbocycles. The highest BCUT2D eigenvalue weighted by Crippen LogP contribution is 2.36. The third-order valence-corrected chi connectivity index (χ3v) is 4.64. The van der Waals surface area contributed by atoms with Crippen molar-refractivity contribution < 1.29 is 18.5 Å². The molecule has 2 aromatic carbocycles. The van der Waals surface area contributed by atoms with Crippen LogP contribution in [-0.2, 0) is 4.79 Å². The van der Waals surface area contributed by atoms with Crippen molar-refractivity contribution in [3.05, 3.63) is 74.7 Å². The number of nitro groups is 1. The van der Waals surface area contributed by atoms with Gasteiger partial charge in [0, 0.05) is 18.2 Å². The summed E-state index contributed by atoms with van der Waals surface area (Å²) in [4.78, 5) is 24.1. The lowest BCUT2D eigenvalue weighted by Crippen LogP contribution is -2.27. The van der Waals surface area contributed by atoms with Crippen molar-refractivity contribution in [3.8, 4) is 0 Å². The van der Waals surface area contributed by atoms with Crippen molar-refractivity contribution in [1.29, 1.82) is 0 Å². The van der Waals surface area contributed by atoms with Crippen LogP contribution in [0.2, 0.25) is 0 Å². The van der Waals surface area contributed by atoms with Gasteiger partial charge in [-0.15, -0.1) is 0 Å². The number of amides is 1. The molecule has 3 rings (SSSR count). The summed E-state index contributed by atoms with van der Waals surface area (Å²) in [6.45, 7) is 0. The fraction of sp³-hybridized carbons (Fsp3) is 0. The molecule has 1 saturated heterocycles. The molecule has 0 spiro atoms. The summed E-state index contributed by atoms with van der Waals surface area (Å²) < 4.78 is 26.6. The molecular weight excluding hydrogens is 370 g/mol. The molecule has 1 amide bonds. The summed E-state index contributed by atoms with van der Waals surface area (Å²) in [7, 11) is 0. The maximum Gasteiger partial charge on any atom is 0.270 e. The predicted octanol–water partition coefficient (Wildman–Crippen LogP) is 4.28. The first kappa shape index (κ1) is 17.2. The van der Waals surface area contributed by atoms with E-state index >= 15 is 0 Å². The molecule has 126 valence electrons. The summed E-state index contributed by atoms with van der Waals surface area (Å²) >= 11 is 6.12. The SMILES string of the molecule is O=C1C(=Cc2cccc([N+](=O)[O-])c2)SC(=S)N1c1ccc(F)c(F)c1. The Morgan fingerprint density at radius 2 is 1.92 bits per heavy atom. The first-order valence-electron chi connectivity index (χ1n) is 6.84. The van der Waals surface area contributed by atoms with Crippen LogP contribution in [0.25, 0.3) is 6.08 Å². The summed E-state index contributed by atoms with van der Waals surface area (Å²) in [5, 5.41) is 10.8. The smallest absolute Gasteiger partial charge is 0.268 e. The predicted molar refractivity (Wildman–Crippen MR) is 95.1 cm³/mol. The highest BCUT2D eigenvalue weighted by Gasteiger charge is 2.33. The maximum atomic E-state index is 13.4. The molecule has 1 aliphatic heterocycles. The monoisotopic (exact) mass is 378 g/mol. The van der Waals surface area contributed by atoms with Gasteiger partial charge in [0.25, 0.3) is 11.6 Å². The number of halogens is 2. The zero-order chi connectivity index (χ0) is 18.1. The number of carbonyl (C=O) groups is 1. The van der Waals surface area contributed by atoms with Gasteiger partial charge in [-0.1, -0.05) is 36.1 Å². The van der Waals surface area contributed by atoms with Crippen LogP contribution in [0, 0.1) is 21.7 Å². The highest BCUT2D eigenvalue weighted by molar-refractivity contribution is 8.27. The van der Waals surface area contributed by atoms with Crippen LogP contribution in [0.1, 0.15) is 5.56 Å². The Labute approximate surface area is 150 Å². The highest BCUT2D eigenvalue weighted by atomic mass is 32.2. The Kier molecular flexibility index (Phi) is 4.60. The van der Waals surface area contributed by atoms with Crippen LogP contribution in [-0.4, -0.2) is 15.2 Å². The Morgan fingerprint density at radius 1 is 1.16 bits per heavy atom. The first-order chi connectivity index (χ1) is 11.9. The van der Waals surface area contributed by atoms with E-state index in [0.717, 1.165) is 28.8 Å². The summed E-state index contributed by atoms with van der Waals surface area (Å²) in [6, 6.07) is 8.81. The van der Waals surface area contributed by atoms with E-state index in [1.807, 2.05) is 0 Å². The number of nitrogens with zero attached hydrogens (tertiary/aromatic N) is 2. The standard InChI is InChI=1S/C16H8F2N2O3S2/c17-12-5-4-10(8-13(12)18)19-15(21)14(25-16(19)24)7-9-2-1-3-11(6-9)20(22)23/h1-8H. The number of benzene rings is 2. The first-order valence-corrected chi connectivity index (χ1v) is 8.07. The van der Waals surface area contributed by atoms with Gasteiger partial charge >= 0.3 is 0 Å². The van der Waals surface area contributed by atoms with E-state index < -0.39 is 22.5 Å². The fourth-order valence-electron chi connectivity index (χ4n) is 2.19. The normalized spacial score (nSPS) is 15.9. The van der Waals surface area contributed by atoms with Crippen molar-refractivity contribution in [2.75, 3.05) is 4.90 Å². The molecule has 0 radical (unpaired) electrons. The minimum atomic E-state index is -1.09. The van der Waals surface area contributed by atoms with Crippen molar-refractivity contribution >= 4 is 51.7 Å². The summed E-state index contributed by atoms with van der Waals surface area (Å²) in [5.74, 6) is -2.62. The summed E-state index contributed by atoms with van der Waals surface area (Å²) in [5.41, 5.74) is 0.466. The molecule has 0 N–H and O–H groups in total. The average Bonchev–Trinajstić information content (AvgIpc) is 2.84. The number of hydrogen-bond donors (Lipinski definition) is 0. The van der Waals surface area contributed by atoms with Crippen molar-refractivity contribution in [3.63, 3.8) is 0 Å². The molecule has 2 aromatic rings. The molecule has 0 unspecified atom stereocenters. The minimum absolute atomic E-state index is 0.107. The minimum Gasteiger partial charge on any atom is -0.268 e. The number of anilines is 1. The molecule has 0 aromatic heterocycles. The topological polar surface area (TPSA) is 63.4 Å². The Morgan fingerprint density at radius 3 is 2.60 bits per heavy atom. The van der Waals surface area contributed by atoms with Crippen LogP contribution >= 0.6 is 24.0 Å². The Balaban J connectivity index is 1.94. The molecule has 0 atom stereocenters. The fourth-order valence-corrected chi connectivity index (χ4v) is 3.49. The molecule has 1 fully saturated rings. The number of nitro benzene ring substituents is 1. The quantitative estimate of drug-likeness (QED) is 0.345. The number of rotatable bonds is 3. The van der Waals surface area contributed by atoms with Gasteiger partial charge < -0.3 is 0 Å². The van der Waals surface area contributed by atoms with Gasteiger partial charge in [0.05, 0.1) is 15.5 Å². The van der Waals surface area contributed by atoms with Crippen molar-refractivity contribution in [2.24, 2.45) is 0 Å². The van der Waals surface area contributed by atoms with Crippen molar-refractivity contribution in [1.82, 2.24) is 0 Å². The third-order valence-electron chi connectivity index (χ3n) is 3.33. The molecule has 1 aliphatic rings. The third kappa shape index (κ3) is 3.42. The van der Waals surface area contributed by atoms with E-state index in [9.17, 15) is 23.7 Å². The largest absolute Gasteiger partial charge is 0.270 e. The van der Waals surface area contributed by atoms with E-state index in [-0.39, 0.29) is 20.6 Å². The molecule has 0 bridgehead atoms. The van der Waals surface area contributed by atoms with Crippen LogP contribution in [0.15, 0.2) is 47.4 Å². The average molecular weight is 378 g/mol. The van der Waals surface area contributed by atoms with E-state index in [4.69, 9.17) is 12.2 Å². The Hall–Kier alpha value is -2.65. The number of non-ortho nitro benzene ring substituents is 1. The van der Waals surface area contributed by atoms with Gasteiger partial charge in [0.1, 0.15) is 0 Å². The van der Waals surface area contributed by atoms with Gasteiger partial charge in [0.2, 0.25) is 0 Å².